The standard InChI is InChI=1S/C12H20N2O3S.Na/c1-5-18-7-12(6-8(2)3)9(15)13-11(17)14(4)10(12)16;/h8H,5-7H2,1-4H3,(H,13,15,17);/q;+1/p-1. The topological polar surface area (TPSA) is 72.8 Å². The summed E-state index contributed by atoms with van der Waals surface area (Å²) in [5, 5.41) is 11.4. The Kier molecular flexibility index (Phi) is 7.65. The largest absolute Gasteiger partial charge is 1.00 e. The van der Waals surface area contributed by atoms with Gasteiger partial charge in [-0.2, -0.15) is 11.8 Å². The summed E-state index contributed by atoms with van der Waals surface area (Å²) in [6.07, 6.45) is 0.429. The predicted octanol–water partition coefficient (Wildman–Crippen LogP) is -2.51. The molecule has 1 unspecified atom stereocenters. The van der Waals surface area contributed by atoms with Crippen LogP contribution < -0.4 is 34.7 Å². The van der Waals surface area contributed by atoms with E-state index in [9.17, 15) is 14.7 Å². The molecule has 0 aliphatic carbocycles. The SMILES string of the molecule is CCSCC1(CC(C)C)C(=O)N=C([O-])N(C)C1=O.[Na+]. The Morgan fingerprint density at radius 2 is 2.00 bits per heavy atom. The summed E-state index contributed by atoms with van der Waals surface area (Å²) in [5.41, 5.74) is -1.16. The van der Waals surface area contributed by atoms with Crippen LogP contribution >= 0.6 is 11.8 Å². The van der Waals surface area contributed by atoms with Crippen molar-refractivity contribution in [2.75, 3.05) is 18.6 Å². The Bertz CT molecular complexity index is 387. The first kappa shape index (κ1) is 19.0. The zero-order chi connectivity index (χ0) is 13.9. The number of hydrogen-bond donors (Lipinski definition) is 0. The van der Waals surface area contributed by atoms with Crippen LogP contribution in [0.25, 0.3) is 0 Å². The summed E-state index contributed by atoms with van der Waals surface area (Å²) >= 11 is 1.53. The van der Waals surface area contributed by atoms with Crippen LogP contribution in [0.4, 0.5) is 0 Å². The quantitative estimate of drug-likeness (QED) is 0.415. The average molecular weight is 294 g/mol. The number of rotatable bonds is 5. The van der Waals surface area contributed by atoms with Gasteiger partial charge in [0, 0.05) is 12.8 Å². The van der Waals surface area contributed by atoms with Crippen LogP contribution in [-0.4, -0.2) is 41.3 Å². The van der Waals surface area contributed by atoms with E-state index >= 15 is 0 Å². The van der Waals surface area contributed by atoms with Gasteiger partial charge in [-0.25, -0.2) is 4.99 Å². The van der Waals surface area contributed by atoms with Crippen molar-refractivity contribution in [2.45, 2.75) is 27.2 Å². The van der Waals surface area contributed by atoms with Crippen molar-refractivity contribution in [2.24, 2.45) is 16.3 Å². The number of amidine groups is 1. The maximum absolute atomic E-state index is 12.3. The third-order valence-electron chi connectivity index (χ3n) is 2.92. The average Bonchev–Trinajstić information content (AvgIpc) is 2.30. The number of thioether (sulfide) groups is 1. The smallest absolute Gasteiger partial charge is 0.846 e. The molecule has 0 saturated heterocycles. The number of hydrogen-bond acceptors (Lipinski definition) is 4. The van der Waals surface area contributed by atoms with Crippen LogP contribution in [0.5, 0.6) is 0 Å². The molecule has 0 N–H and O–H groups in total. The molecule has 1 atom stereocenters. The minimum atomic E-state index is -1.16. The summed E-state index contributed by atoms with van der Waals surface area (Å²) in [6.45, 7) is 5.88. The second-order valence-electron chi connectivity index (χ2n) is 4.88. The van der Waals surface area contributed by atoms with Gasteiger partial charge >= 0.3 is 29.6 Å². The van der Waals surface area contributed by atoms with Crippen molar-refractivity contribution in [3.63, 3.8) is 0 Å². The fraction of sp³-hybridized carbons (Fsp3) is 0.750. The van der Waals surface area contributed by atoms with Gasteiger partial charge in [-0.05, 0) is 18.1 Å². The molecule has 0 aromatic carbocycles. The molecule has 1 aliphatic rings. The summed E-state index contributed by atoms with van der Waals surface area (Å²) in [5.74, 6) is 0.401. The van der Waals surface area contributed by atoms with E-state index in [2.05, 4.69) is 4.99 Å². The van der Waals surface area contributed by atoms with Crippen molar-refractivity contribution < 1.29 is 44.3 Å². The third kappa shape index (κ3) is 3.97. The molecule has 0 spiro atoms. The molecular weight excluding hydrogens is 275 g/mol. The second-order valence-corrected chi connectivity index (χ2v) is 6.16. The number of nitrogens with zero attached hydrogens (tertiary/aromatic N) is 2. The molecule has 0 fully saturated rings. The minimum Gasteiger partial charge on any atom is -0.846 e. The van der Waals surface area contributed by atoms with E-state index in [1.54, 1.807) is 0 Å². The van der Waals surface area contributed by atoms with Gasteiger partial charge in [-0.1, -0.05) is 20.8 Å². The zero-order valence-corrected chi connectivity index (χ0v) is 15.0. The first-order valence-electron chi connectivity index (χ1n) is 6.01. The summed E-state index contributed by atoms with van der Waals surface area (Å²) in [7, 11) is 1.38. The Morgan fingerprint density at radius 3 is 2.47 bits per heavy atom. The van der Waals surface area contributed by atoms with E-state index in [-0.39, 0.29) is 35.5 Å². The number of aliphatic imine (C=N–C) groups is 1. The fourth-order valence-electron chi connectivity index (χ4n) is 2.10. The Morgan fingerprint density at radius 1 is 1.42 bits per heavy atom. The molecule has 5 nitrogen and oxygen atoms in total. The Hall–Kier alpha value is -0.0400. The fourth-order valence-corrected chi connectivity index (χ4v) is 3.02. The van der Waals surface area contributed by atoms with Crippen molar-refractivity contribution >= 4 is 29.6 Å². The van der Waals surface area contributed by atoms with Crippen molar-refractivity contribution in [3.05, 3.63) is 0 Å². The van der Waals surface area contributed by atoms with Crippen LogP contribution in [-0.2, 0) is 9.59 Å². The normalized spacial score (nSPS) is 23.4. The molecule has 19 heavy (non-hydrogen) atoms. The van der Waals surface area contributed by atoms with Gasteiger partial charge in [0.1, 0.15) is 5.41 Å². The van der Waals surface area contributed by atoms with Crippen LogP contribution in [0.15, 0.2) is 4.99 Å². The molecule has 0 saturated carbocycles. The van der Waals surface area contributed by atoms with E-state index < -0.39 is 23.3 Å². The van der Waals surface area contributed by atoms with Gasteiger partial charge < -0.3 is 10.0 Å². The molecule has 0 radical (unpaired) electrons. The molecule has 0 aromatic rings. The molecule has 7 heteroatoms. The number of carbonyl (C=O) groups excluding carboxylic acids is 2. The first-order chi connectivity index (χ1) is 8.35. The van der Waals surface area contributed by atoms with Crippen molar-refractivity contribution in [3.8, 4) is 0 Å². The van der Waals surface area contributed by atoms with E-state index in [0.29, 0.717) is 12.2 Å². The van der Waals surface area contributed by atoms with Gasteiger partial charge in [0.25, 0.3) is 5.91 Å². The van der Waals surface area contributed by atoms with Crippen LogP contribution in [0.2, 0.25) is 0 Å². The van der Waals surface area contributed by atoms with E-state index in [0.717, 1.165) is 10.7 Å². The maximum Gasteiger partial charge on any atom is 1.00 e. The molecule has 1 rings (SSSR count). The molecule has 2 amide bonds. The molecule has 102 valence electrons. The van der Waals surface area contributed by atoms with Gasteiger partial charge in [0.05, 0.1) is 6.02 Å². The summed E-state index contributed by atoms with van der Waals surface area (Å²) in [4.78, 5) is 28.8. The Labute approximate surface area is 140 Å². The summed E-state index contributed by atoms with van der Waals surface area (Å²) < 4.78 is 0. The van der Waals surface area contributed by atoms with Gasteiger partial charge in [-0.15, -0.1) is 0 Å². The van der Waals surface area contributed by atoms with Gasteiger partial charge in [0.2, 0.25) is 5.91 Å². The number of carbonyl (C=O) groups is 2. The van der Waals surface area contributed by atoms with Crippen LogP contribution in [0.3, 0.4) is 0 Å². The van der Waals surface area contributed by atoms with E-state index in [4.69, 9.17) is 0 Å². The van der Waals surface area contributed by atoms with Crippen LogP contribution in [0, 0.1) is 11.3 Å². The van der Waals surface area contributed by atoms with Crippen LogP contribution in [0.1, 0.15) is 27.2 Å². The summed E-state index contributed by atoms with van der Waals surface area (Å²) in [6, 6.07) is -0.758. The first-order valence-corrected chi connectivity index (χ1v) is 7.16. The number of amides is 2. The molecule has 0 aromatic heterocycles. The van der Waals surface area contributed by atoms with Crippen molar-refractivity contribution in [1.82, 2.24) is 4.90 Å². The Balaban J connectivity index is 0.00000324. The maximum atomic E-state index is 12.3. The van der Waals surface area contributed by atoms with Crippen molar-refractivity contribution in [1.29, 1.82) is 0 Å². The molecule has 1 aliphatic heterocycles. The zero-order valence-electron chi connectivity index (χ0n) is 12.2. The van der Waals surface area contributed by atoms with Gasteiger partial charge in [0.15, 0.2) is 0 Å². The van der Waals surface area contributed by atoms with Gasteiger partial charge in [-0.3, -0.25) is 9.59 Å². The van der Waals surface area contributed by atoms with E-state index in [1.165, 1.54) is 18.8 Å². The third-order valence-corrected chi connectivity index (χ3v) is 4.02. The molecule has 1 heterocycles. The second kappa shape index (κ2) is 7.67. The predicted molar refractivity (Wildman–Crippen MR) is 70.1 cm³/mol. The molecule has 0 bridgehead atoms. The minimum absolute atomic E-state index is 0. The molecular formula is C12H19N2NaO3S. The van der Waals surface area contributed by atoms with E-state index in [1.807, 2.05) is 20.8 Å². The monoisotopic (exact) mass is 294 g/mol.